The van der Waals surface area contributed by atoms with Gasteiger partial charge in [-0.1, -0.05) is 30.3 Å². The van der Waals surface area contributed by atoms with Crippen molar-refractivity contribution in [1.82, 2.24) is 15.0 Å². The van der Waals surface area contributed by atoms with Crippen LogP contribution < -0.4 is 4.90 Å². The van der Waals surface area contributed by atoms with Crippen LogP contribution >= 0.6 is 0 Å². The van der Waals surface area contributed by atoms with Crippen LogP contribution in [-0.2, 0) is 6.54 Å². The van der Waals surface area contributed by atoms with Crippen LogP contribution in [0.25, 0.3) is 22.2 Å². The summed E-state index contributed by atoms with van der Waals surface area (Å²) in [4.78, 5) is 14.0. The van der Waals surface area contributed by atoms with Crippen LogP contribution in [0.3, 0.4) is 0 Å². The first-order valence-electron chi connectivity index (χ1n) is 7.95. The molecule has 4 rings (SSSR count). The summed E-state index contributed by atoms with van der Waals surface area (Å²) >= 11 is 0. The topological polar surface area (TPSA) is 44.8 Å². The van der Waals surface area contributed by atoms with Gasteiger partial charge in [-0.15, -0.1) is 0 Å². The first kappa shape index (κ1) is 14.5. The second-order valence-corrected chi connectivity index (χ2v) is 5.84. The number of nitrogens with one attached hydrogen (secondary N) is 1. The minimum Gasteiger partial charge on any atom is -0.355 e. The SMILES string of the molecule is CN(Cc1ccc(-c2ccnc3[nH]ccc23)cc1)c1ccccn1. The minimum absolute atomic E-state index is 0.827. The number of H-pyrrole nitrogens is 1. The first-order valence-corrected chi connectivity index (χ1v) is 7.95. The lowest BCUT2D eigenvalue weighted by molar-refractivity contribution is 0.898. The Morgan fingerprint density at radius 3 is 2.58 bits per heavy atom. The van der Waals surface area contributed by atoms with Crippen molar-refractivity contribution >= 4 is 16.9 Å². The van der Waals surface area contributed by atoms with E-state index >= 15 is 0 Å². The zero-order valence-electron chi connectivity index (χ0n) is 13.5. The van der Waals surface area contributed by atoms with Crippen LogP contribution in [-0.4, -0.2) is 22.0 Å². The third-order valence-corrected chi connectivity index (χ3v) is 4.19. The molecule has 0 radical (unpaired) electrons. The number of aromatic amines is 1. The highest BCUT2D eigenvalue weighted by Crippen LogP contribution is 2.27. The number of hydrogen-bond donors (Lipinski definition) is 1. The second kappa shape index (κ2) is 6.16. The fraction of sp³-hybridized carbons (Fsp3) is 0.100. The lowest BCUT2D eigenvalue weighted by Gasteiger charge is -2.18. The molecule has 0 spiro atoms. The van der Waals surface area contributed by atoms with E-state index in [1.165, 1.54) is 16.7 Å². The number of anilines is 1. The molecule has 3 aromatic heterocycles. The van der Waals surface area contributed by atoms with Crippen molar-refractivity contribution < 1.29 is 0 Å². The van der Waals surface area contributed by atoms with Crippen LogP contribution in [0, 0.1) is 0 Å². The maximum atomic E-state index is 4.38. The normalized spacial score (nSPS) is 10.9. The Hall–Kier alpha value is -3.14. The van der Waals surface area contributed by atoms with Gasteiger partial charge in [-0.05, 0) is 41.0 Å². The molecule has 0 aliphatic heterocycles. The Labute approximate surface area is 140 Å². The summed E-state index contributed by atoms with van der Waals surface area (Å²) in [5.74, 6) is 0.977. The number of hydrogen-bond acceptors (Lipinski definition) is 3. The van der Waals surface area contributed by atoms with Crippen molar-refractivity contribution in [1.29, 1.82) is 0 Å². The van der Waals surface area contributed by atoms with Gasteiger partial charge in [-0.2, -0.15) is 0 Å². The Kier molecular flexibility index (Phi) is 3.71. The highest BCUT2D eigenvalue weighted by atomic mass is 15.2. The number of rotatable bonds is 4. The molecular weight excluding hydrogens is 296 g/mol. The Bertz CT molecular complexity index is 942. The molecule has 4 heteroatoms. The van der Waals surface area contributed by atoms with E-state index in [0.29, 0.717) is 0 Å². The second-order valence-electron chi connectivity index (χ2n) is 5.84. The average Bonchev–Trinajstić information content (AvgIpc) is 3.12. The number of pyridine rings is 2. The number of fused-ring (bicyclic) bond motifs is 1. The minimum atomic E-state index is 0.827. The zero-order valence-corrected chi connectivity index (χ0v) is 13.5. The largest absolute Gasteiger partial charge is 0.355 e. The fourth-order valence-corrected chi connectivity index (χ4v) is 2.94. The predicted octanol–water partition coefficient (Wildman–Crippen LogP) is 4.26. The Morgan fingerprint density at radius 2 is 1.79 bits per heavy atom. The van der Waals surface area contributed by atoms with Crippen molar-refractivity contribution in [3.63, 3.8) is 0 Å². The van der Waals surface area contributed by atoms with E-state index in [-0.39, 0.29) is 0 Å². The van der Waals surface area contributed by atoms with Gasteiger partial charge in [0.05, 0.1) is 0 Å². The molecule has 0 fully saturated rings. The zero-order chi connectivity index (χ0) is 16.4. The molecule has 1 N–H and O–H groups in total. The molecule has 0 atom stereocenters. The van der Waals surface area contributed by atoms with E-state index in [0.717, 1.165) is 23.4 Å². The van der Waals surface area contributed by atoms with Gasteiger partial charge in [-0.3, -0.25) is 0 Å². The van der Waals surface area contributed by atoms with E-state index in [1.807, 2.05) is 36.8 Å². The van der Waals surface area contributed by atoms with E-state index in [4.69, 9.17) is 0 Å². The number of aromatic nitrogens is 3. The van der Waals surface area contributed by atoms with Gasteiger partial charge >= 0.3 is 0 Å². The summed E-state index contributed by atoms with van der Waals surface area (Å²) in [5, 5.41) is 1.15. The lowest BCUT2D eigenvalue weighted by atomic mass is 10.0. The molecular formula is C20H18N4. The molecule has 0 saturated heterocycles. The van der Waals surface area contributed by atoms with Crippen molar-refractivity contribution in [2.45, 2.75) is 6.54 Å². The van der Waals surface area contributed by atoms with Gasteiger partial charge in [0.1, 0.15) is 11.5 Å². The van der Waals surface area contributed by atoms with E-state index in [2.05, 4.69) is 63.3 Å². The van der Waals surface area contributed by atoms with Crippen LogP contribution in [0.4, 0.5) is 5.82 Å². The molecule has 4 aromatic rings. The monoisotopic (exact) mass is 314 g/mol. The maximum Gasteiger partial charge on any atom is 0.137 e. The van der Waals surface area contributed by atoms with E-state index in [1.54, 1.807) is 0 Å². The lowest BCUT2D eigenvalue weighted by Crippen LogP contribution is -2.17. The molecule has 0 unspecified atom stereocenters. The third-order valence-electron chi connectivity index (χ3n) is 4.19. The summed E-state index contributed by atoms with van der Waals surface area (Å²) in [6, 6.07) is 18.8. The Morgan fingerprint density at radius 1 is 0.917 bits per heavy atom. The fourth-order valence-electron chi connectivity index (χ4n) is 2.94. The number of nitrogens with zero attached hydrogens (tertiary/aromatic N) is 3. The smallest absolute Gasteiger partial charge is 0.137 e. The molecule has 24 heavy (non-hydrogen) atoms. The molecule has 0 aliphatic carbocycles. The van der Waals surface area contributed by atoms with Crippen LogP contribution in [0.15, 0.2) is 73.2 Å². The van der Waals surface area contributed by atoms with Crippen molar-refractivity contribution in [3.8, 4) is 11.1 Å². The van der Waals surface area contributed by atoms with Gasteiger partial charge in [0.2, 0.25) is 0 Å². The van der Waals surface area contributed by atoms with Crippen molar-refractivity contribution in [2.24, 2.45) is 0 Å². The van der Waals surface area contributed by atoms with Crippen LogP contribution in [0.2, 0.25) is 0 Å². The number of benzene rings is 1. The van der Waals surface area contributed by atoms with Crippen molar-refractivity contribution in [2.75, 3.05) is 11.9 Å². The molecule has 0 bridgehead atoms. The van der Waals surface area contributed by atoms with Gasteiger partial charge in [0.25, 0.3) is 0 Å². The van der Waals surface area contributed by atoms with E-state index in [9.17, 15) is 0 Å². The molecule has 4 nitrogen and oxygen atoms in total. The van der Waals surface area contributed by atoms with Gasteiger partial charge in [0.15, 0.2) is 0 Å². The third kappa shape index (κ3) is 2.74. The summed E-state index contributed by atoms with van der Waals surface area (Å²) in [7, 11) is 2.06. The van der Waals surface area contributed by atoms with Crippen LogP contribution in [0.1, 0.15) is 5.56 Å². The highest BCUT2D eigenvalue weighted by molar-refractivity contribution is 5.92. The molecule has 0 amide bonds. The van der Waals surface area contributed by atoms with Gasteiger partial charge in [0, 0.05) is 37.6 Å². The molecule has 0 aliphatic rings. The van der Waals surface area contributed by atoms with Gasteiger partial charge in [-0.25, -0.2) is 9.97 Å². The average molecular weight is 314 g/mol. The maximum absolute atomic E-state index is 4.38. The van der Waals surface area contributed by atoms with Crippen LogP contribution in [0.5, 0.6) is 0 Å². The summed E-state index contributed by atoms with van der Waals surface area (Å²) in [5.41, 5.74) is 4.58. The molecule has 3 heterocycles. The van der Waals surface area contributed by atoms with Gasteiger partial charge < -0.3 is 9.88 Å². The predicted molar refractivity (Wildman–Crippen MR) is 97.9 cm³/mol. The summed E-state index contributed by atoms with van der Waals surface area (Å²) in [6.07, 6.45) is 5.59. The first-order chi connectivity index (χ1) is 11.8. The highest BCUT2D eigenvalue weighted by Gasteiger charge is 2.07. The quantitative estimate of drug-likeness (QED) is 0.612. The molecule has 0 saturated carbocycles. The summed E-state index contributed by atoms with van der Waals surface area (Å²) in [6.45, 7) is 0.827. The summed E-state index contributed by atoms with van der Waals surface area (Å²) < 4.78 is 0. The molecule has 1 aromatic carbocycles. The van der Waals surface area contributed by atoms with E-state index < -0.39 is 0 Å². The molecule has 118 valence electrons. The van der Waals surface area contributed by atoms with Crippen molar-refractivity contribution in [3.05, 3.63) is 78.8 Å². The Balaban J connectivity index is 1.58. The standard InChI is InChI=1S/C20H18N4/c1-24(19-4-2-3-11-21-19)14-15-5-7-16(8-6-15)17-9-12-22-20-18(17)10-13-23-20/h2-13H,14H2,1H3,(H,22,23).